The maximum atomic E-state index is 12.4. The molecule has 0 aliphatic carbocycles. The molecule has 0 radical (unpaired) electrons. The zero-order chi connectivity index (χ0) is 22.5. The summed E-state index contributed by atoms with van der Waals surface area (Å²) >= 11 is 0. The molecule has 0 saturated carbocycles. The van der Waals surface area contributed by atoms with Gasteiger partial charge in [-0.1, -0.05) is 129 Å². The van der Waals surface area contributed by atoms with Gasteiger partial charge in [0.05, 0.1) is 5.41 Å². The van der Waals surface area contributed by atoms with E-state index in [4.69, 9.17) is 4.43 Å². The van der Waals surface area contributed by atoms with E-state index in [0.29, 0.717) is 16.4 Å². The minimum atomic E-state index is -0.316. The van der Waals surface area contributed by atoms with Gasteiger partial charge in [0.25, 0.3) is 5.97 Å². The first kappa shape index (κ1) is 29.7. The van der Waals surface area contributed by atoms with E-state index in [0.717, 1.165) is 0 Å². The van der Waals surface area contributed by atoms with Crippen LogP contribution in [0.3, 0.4) is 0 Å². The highest BCUT2D eigenvalue weighted by Gasteiger charge is 2.36. The molecule has 0 aromatic rings. The first-order valence-electron chi connectivity index (χ1n) is 13.6. The minimum Gasteiger partial charge on any atom is -0.528 e. The molecule has 0 spiro atoms. The second-order valence-electron chi connectivity index (χ2n) is 10.1. The van der Waals surface area contributed by atoms with Crippen LogP contribution < -0.4 is 0 Å². The Morgan fingerprint density at radius 1 is 0.633 bits per heavy atom. The van der Waals surface area contributed by atoms with Crippen LogP contribution in [0.1, 0.15) is 156 Å². The van der Waals surface area contributed by atoms with Crippen LogP contribution in [0.25, 0.3) is 0 Å². The fourth-order valence-corrected chi connectivity index (χ4v) is 5.22. The van der Waals surface area contributed by atoms with Gasteiger partial charge >= 0.3 is 0 Å². The molecule has 3 heteroatoms. The van der Waals surface area contributed by atoms with E-state index in [1.807, 2.05) is 0 Å². The molecule has 2 nitrogen and oxygen atoms in total. The topological polar surface area (TPSA) is 26.3 Å². The van der Waals surface area contributed by atoms with Crippen molar-refractivity contribution in [1.29, 1.82) is 0 Å². The van der Waals surface area contributed by atoms with Crippen LogP contribution in [-0.4, -0.2) is 16.5 Å². The van der Waals surface area contributed by atoms with Crippen molar-refractivity contribution < 1.29 is 9.22 Å². The van der Waals surface area contributed by atoms with Crippen LogP contribution in [0.2, 0.25) is 0 Å². The predicted molar refractivity (Wildman–Crippen MR) is 137 cm³/mol. The zero-order valence-corrected chi connectivity index (χ0v) is 23.5. The maximum Gasteiger partial charge on any atom is 0.297 e. The van der Waals surface area contributed by atoms with E-state index in [1.54, 1.807) is 0 Å². The highest BCUT2D eigenvalue weighted by molar-refractivity contribution is 6.06. The Balaban J connectivity index is 3.92. The molecular weight excluding hydrogens is 384 g/mol. The standard InChI is InChI=1S/C27H56O2Si/c1-5-7-9-11-12-13-14-15-16-17-18-20-22-24-25(23-21-19-10-8-6-2)27(3,4)26(28)29-30/h25H,5-24H2,1-4,30H3. The number of carbonyl (C=O) groups excluding carboxylic acids is 1. The molecule has 0 aliphatic rings. The highest BCUT2D eigenvalue weighted by atomic mass is 28.2. The quantitative estimate of drug-likeness (QED) is 0.125. The first-order chi connectivity index (χ1) is 14.5. The summed E-state index contributed by atoms with van der Waals surface area (Å²) in [5.74, 6) is 0.510. The van der Waals surface area contributed by atoms with Crippen molar-refractivity contribution in [2.75, 3.05) is 0 Å². The molecule has 180 valence electrons. The third-order valence-corrected chi connectivity index (χ3v) is 7.42. The molecule has 0 heterocycles. The summed E-state index contributed by atoms with van der Waals surface area (Å²) in [7, 11) is 0.513. The number of unbranched alkanes of at least 4 members (excludes halogenated alkanes) is 16. The Kier molecular flexibility index (Phi) is 20.4. The molecule has 0 saturated heterocycles. The summed E-state index contributed by atoms with van der Waals surface area (Å²) in [5.41, 5.74) is -0.316. The molecule has 0 amide bonds. The number of hydrogen-bond donors (Lipinski definition) is 0. The molecule has 0 aromatic carbocycles. The van der Waals surface area contributed by atoms with Crippen LogP contribution in [0, 0.1) is 11.3 Å². The lowest BCUT2D eigenvalue weighted by molar-refractivity contribution is -0.147. The monoisotopic (exact) mass is 440 g/mol. The number of carbonyl (C=O) groups is 1. The fourth-order valence-electron chi connectivity index (χ4n) is 4.70. The summed E-state index contributed by atoms with van der Waals surface area (Å²) in [6.07, 6.45) is 27.1. The minimum absolute atomic E-state index is 0.0300. The van der Waals surface area contributed by atoms with Crippen LogP contribution in [0.4, 0.5) is 0 Å². The summed E-state index contributed by atoms with van der Waals surface area (Å²) in [6, 6.07) is 0. The zero-order valence-electron chi connectivity index (χ0n) is 21.5. The van der Waals surface area contributed by atoms with Crippen LogP contribution in [0.15, 0.2) is 0 Å². The maximum absolute atomic E-state index is 12.4. The molecule has 0 rings (SSSR count). The molecule has 0 N–H and O–H groups in total. The molecule has 0 aromatic heterocycles. The summed E-state index contributed by atoms with van der Waals surface area (Å²) in [6.45, 7) is 8.79. The van der Waals surface area contributed by atoms with Gasteiger partial charge in [0.2, 0.25) is 10.5 Å². The number of rotatable bonds is 22. The second-order valence-corrected chi connectivity index (χ2v) is 10.6. The van der Waals surface area contributed by atoms with Gasteiger partial charge < -0.3 is 4.43 Å². The molecule has 30 heavy (non-hydrogen) atoms. The van der Waals surface area contributed by atoms with Gasteiger partial charge in [0.1, 0.15) is 0 Å². The molecule has 0 fully saturated rings. The number of hydrogen-bond acceptors (Lipinski definition) is 2. The highest BCUT2D eigenvalue weighted by Crippen LogP contribution is 2.36. The Labute approximate surface area is 193 Å². The van der Waals surface area contributed by atoms with Gasteiger partial charge in [-0.3, -0.25) is 4.79 Å². The fraction of sp³-hybridized carbons (Fsp3) is 0.963. The smallest absolute Gasteiger partial charge is 0.297 e. The molecule has 0 bridgehead atoms. The predicted octanol–water partition coefficient (Wildman–Crippen LogP) is 8.29. The van der Waals surface area contributed by atoms with Crippen LogP contribution >= 0.6 is 0 Å². The van der Waals surface area contributed by atoms with Crippen molar-refractivity contribution in [1.82, 2.24) is 0 Å². The van der Waals surface area contributed by atoms with E-state index in [-0.39, 0.29) is 11.4 Å². The largest absolute Gasteiger partial charge is 0.528 e. The summed E-state index contributed by atoms with van der Waals surface area (Å²) < 4.78 is 5.26. The normalized spacial score (nSPS) is 12.9. The molecular formula is C27H56O2Si. The van der Waals surface area contributed by atoms with Crippen LogP contribution in [-0.2, 0) is 9.22 Å². The van der Waals surface area contributed by atoms with Crippen molar-refractivity contribution in [2.45, 2.75) is 156 Å². The Morgan fingerprint density at radius 3 is 1.23 bits per heavy atom. The second kappa shape index (κ2) is 20.6. The summed E-state index contributed by atoms with van der Waals surface area (Å²) in [5, 5.41) is 0. The third kappa shape index (κ3) is 15.5. The lowest BCUT2D eigenvalue weighted by Crippen LogP contribution is -2.34. The summed E-state index contributed by atoms with van der Waals surface area (Å²) in [4.78, 5) is 12.4. The van der Waals surface area contributed by atoms with Gasteiger partial charge in [0, 0.05) is 0 Å². The van der Waals surface area contributed by atoms with Crippen molar-refractivity contribution in [3.63, 3.8) is 0 Å². The van der Waals surface area contributed by atoms with Gasteiger partial charge in [-0.2, -0.15) is 0 Å². The van der Waals surface area contributed by atoms with Crippen molar-refractivity contribution >= 4 is 16.5 Å². The molecule has 1 atom stereocenters. The van der Waals surface area contributed by atoms with E-state index in [2.05, 4.69) is 27.7 Å². The lowest BCUT2D eigenvalue weighted by Gasteiger charge is -2.32. The lowest BCUT2D eigenvalue weighted by atomic mass is 9.73. The van der Waals surface area contributed by atoms with Gasteiger partial charge in [0.15, 0.2) is 0 Å². The Bertz CT molecular complexity index is 381. The first-order valence-corrected chi connectivity index (χ1v) is 14.4. The van der Waals surface area contributed by atoms with Gasteiger partial charge in [-0.25, -0.2) is 0 Å². The van der Waals surface area contributed by atoms with Crippen molar-refractivity contribution in [2.24, 2.45) is 11.3 Å². The van der Waals surface area contributed by atoms with Gasteiger partial charge in [-0.15, -0.1) is 0 Å². The third-order valence-electron chi connectivity index (χ3n) is 7.04. The van der Waals surface area contributed by atoms with Crippen molar-refractivity contribution in [3.05, 3.63) is 0 Å². The average molecular weight is 441 g/mol. The Morgan fingerprint density at radius 2 is 0.933 bits per heavy atom. The van der Waals surface area contributed by atoms with Crippen LogP contribution in [0.5, 0.6) is 0 Å². The molecule has 0 aliphatic heterocycles. The van der Waals surface area contributed by atoms with E-state index >= 15 is 0 Å². The SMILES string of the molecule is CCCCCCCCCCCCCCCC(CCCCCCC)C(C)(C)C(=O)O[SiH3]. The van der Waals surface area contributed by atoms with E-state index in [9.17, 15) is 4.79 Å². The van der Waals surface area contributed by atoms with Gasteiger partial charge in [-0.05, 0) is 32.6 Å². The van der Waals surface area contributed by atoms with E-state index in [1.165, 1.54) is 128 Å². The Hall–Kier alpha value is -0.313. The van der Waals surface area contributed by atoms with E-state index < -0.39 is 0 Å². The molecule has 1 unspecified atom stereocenters. The average Bonchev–Trinajstić information content (AvgIpc) is 2.74. The van der Waals surface area contributed by atoms with Crippen molar-refractivity contribution in [3.8, 4) is 0 Å².